The molecule has 2 rings (SSSR count). The van der Waals surface area contributed by atoms with Crippen molar-refractivity contribution >= 4 is 23.7 Å². The summed E-state index contributed by atoms with van der Waals surface area (Å²) in [6.45, 7) is 7.11. The summed E-state index contributed by atoms with van der Waals surface area (Å²) in [5.74, 6) is -0.480. The molecule has 1 aliphatic heterocycles. The Labute approximate surface area is 191 Å². The fraction of sp³-hybridized carbons (Fsp3) is 0.591. The molecule has 184 valence electrons. The molecule has 0 spiro atoms. The van der Waals surface area contributed by atoms with Crippen LogP contribution in [0.2, 0.25) is 0 Å². The molecule has 1 fully saturated rings. The summed E-state index contributed by atoms with van der Waals surface area (Å²) in [7, 11) is 0. The molecule has 0 aliphatic carbocycles. The SMILES string of the molecule is CC(C)CC(=O)Nc1cc(COC(=O)C(C)C)ccc1OC1OC[C@H](O)[C@@H](O)[C@@H]1O.O=C=O. The van der Waals surface area contributed by atoms with Crippen LogP contribution in [0.4, 0.5) is 5.69 Å². The lowest BCUT2D eigenvalue weighted by molar-refractivity contribution is -0.241. The van der Waals surface area contributed by atoms with Gasteiger partial charge in [0.15, 0.2) is 0 Å². The molecule has 33 heavy (non-hydrogen) atoms. The first-order valence-corrected chi connectivity index (χ1v) is 10.4. The zero-order valence-electron chi connectivity index (χ0n) is 19.0. The van der Waals surface area contributed by atoms with Crippen LogP contribution >= 0.6 is 0 Å². The Kier molecular flexibility index (Phi) is 11.7. The summed E-state index contributed by atoms with van der Waals surface area (Å²) in [5.41, 5.74) is 0.951. The third-order valence-corrected chi connectivity index (χ3v) is 4.46. The number of carbonyl (C=O) groups excluding carboxylic acids is 4. The number of hydrogen-bond acceptors (Lipinski definition) is 10. The number of aliphatic hydroxyl groups excluding tert-OH is 3. The average Bonchev–Trinajstić information content (AvgIpc) is 2.73. The van der Waals surface area contributed by atoms with Crippen molar-refractivity contribution in [3.63, 3.8) is 0 Å². The number of rotatable bonds is 8. The lowest BCUT2D eigenvalue weighted by Gasteiger charge is -2.35. The summed E-state index contributed by atoms with van der Waals surface area (Å²) in [6.07, 6.45) is -4.80. The smallest absolute Gasteiger partial charge is 0.373 e. The molecule has 1 aromatic rings. The number of carbonyl (C=O) groups is 2. The lowest BCUT2D eigenvalue weighted by atomic mass is 10.1. The van der Waals surface area contributed by atoms with Gasteiger partial charge in [-0.3, -0.25) is 9.59 Å². The van der Waals surface area contributed by atoms with E-state index in [-0.39, 0.29) is 48.8 Å². The van der Waals surface area contributed by atoms with Crippen LogP contribution in [0, 0.1) is 11.8 Å². The monoisotopic (exact) mass is 469 g/mol. The van der Waals surface area contributed by atoms with Crippen LogP contribution in [-0.2, 0) is 35.3 Å². The molecule has 11 nitrogen and oxygen atoms in total. The summed E-state index contributed by atoms with van der Waals surface area (Å²) in [4.78, 5) is 40.3. The third-order valence-electron chi connectivity index (χ3n) is 4.46. The first-order valence-electron chi connectivity index (χ1n) is 10.4. The Balaban J connectivity index is 0.00000172. The van der Waals surface area contributed by atoms with E-state index in [2.05, 4.69) is 5.32 Å². The highest BCUT2D eigenvalue weighted by Crippen LogP contribution is 2.30. The Bertz CT molecular complexity index is 819. The van der Waals surface area contributed by atoms with E-state index in [1.165, 1.54) is 0 Å². The van der Waals surface area contributed by atoms with E-state index in [4.69, 9.17) is 23.8 Å². The highest BCUT2D eigenvalue weighted by molar-refractivity contribution is 5.92. The molecule has 1 heterocycles. The highest BCUT2D eigenvalue weighted by Gasteiger charge is 2.39. The highest BCUT2D eigenvalue weighted by atomic mass is 16.7. The van der Waals surface area contributed by atoms with Crippen LogP contribution in [0.15, 0.2) is 18.2 Å². The van der Waals surface area contributed by atoms with E-state index >= 15 is 0 Å². The Morgan fingerprint density at radius 1 is 1.15 bits per heavy atom. The van der Waals surface area contributed by atoms with E-state index in [1.54, 1.807) is 32.0 Å². The van der Waals surface area contributed by atoms with Crippen LogP contribution in [0.3, 0.4) is 0 Å². The molecule has 0 radical (unpaired) electrons. The minimum atomic E-state index is -1.47. The maximum absolute atomic E-state index is 12.3. The number of benzene rings is 1. The number of esters is 1. The fourth-order valence-corrected chi connectivity index (χ4v) is 2.77. The largest absolute Gasteiger partial charge is 0.461 e. The summed E-state index contributed by atoms with van der Waals surface area (Å²) in [5, 5.41) is 32.3. The van der Waals surface area contributed by atoms with Gasteiger partial charge in [-0.15, -0.1) is 0 Å². The molecular weight excluding hydrogens is 438 g/mol. The topological polar surface area (TPSA) is 169 Å². The number of aliphatic hydroxyl groups is 3. The molecule has 0 bridgehead atoms. The van der Waals surface area contributed by atoms with Crippen LogP contribution in [-0.4, -0.2) is 64.6 Å². The van der Waals surface area contributed by atoms with Gasteiger partial charge >= 0.3 is 12.1 Å². The third kappa shape index (κ3) is 9.29. The molecule has 4 N–H and O–H groups in total. The standard InChI is InChI=1S/C21H31NO8.CO2/c1-11(2)7-17(24)22-14-8-13(9-28-20(27)12(3)4)5-6-16(14)30-21-19(26)18(25)15(23)10-29-21;2-1-3/h5-6,8,11-12,15,18-19,21,23,25-26H,7,9-10H2,1-4H3,(H,22,24);/t15-,18+,19-,21?;/m0./s1. The number of nitrogens with one attached hydrogen (secondary N) is 1. The van der Waals surface area contributed by atoms with Gasteiger partial charge in [0.05, 0.1) is 18.2 Å². The molecule has 1 aliphatic rings. The predicted molar refractivity (Wildman–Crippen MR) is 113 cm³/mol. The van der Waals surface area contributed by atoms with E-state index in [0.717, 1.165) is 0 Å². The van der Waals surface area contributed by atoms with Crippen LogP contribution in [0.25, 0.3) is 0 Å². The zero-order chi connectivity index (χ0) is 25.1. The molecule has 1 saturated heterocycles. The van der Waals surface area contributed by atoms with Crippen LogP contribution in [0.1, 0.15) is 39.7 Å². The van der Waals surface area contributed by atoms with Gasteiger partial charge in [-0.2, -0.15) is 9.59 Å². The van der Waals surface area contributed by atoms with Gasteiger partial charge in [-0.1, -0.05) is 33.8 Å². The van der Waals surface area contributed by atoms with Crippen molar-refractivity contribution in [1.82, 2.24) is 0 Å². The van der Waals surface area contributed by atoms with Crippen molar-refractivity contribution in [2.75, 3.05) is 11.9 Å². The van der Waals surface area contributed by atoms with E-state index in [1.807, 2.05) is 13.8 Å². The number of amides is 1. The minimum Gasteiger partial charge on any atom is -0.461 e. The van der Waals surface area contributed by atoms with Crippen molar-refractivity contribution in [2.45, 2.75) is 65.3 Å². The molecule has 0 saturated carbocycles. The van der Waals surface area contributed by atoms with Crippen molar-refractivity contribution in [2.24, 2.45) is 11.8 Å². The Morgan fingerprint density at radius 2 is 1.79 bits per heavy atom. The molecule has 1 aromatic carbocycles. The van der Waals surface area contributed by atoms with Crippen LogP contribution in [0.5, 0.6) is 5.75 Å². The first kappa shape index (κ1) is 28.2. The second kappa shape index (κ2) is 13.7. The van der Waals surface area contributed by atoms with Crippen molar-refractivity contribution in [3.8, 4) is 5.75 Å². The normalized spacial score (nSPS) is 22.1. The van der Waals surface area contributed by atoms with Crippen molar-refractivity contribution in [1.29, 1.82) is 0 Å². The van der Waals surface area contributed by atoms with Gasteiger partial charge in [0.1, 0.15) is 30.7 Å². The van der Waals surface area contributed by atoms with E-state index < -0.39 is 24.6 Å². The summed E-state index contributed by atoms with van der Waals surface area (Å²) in [6, 6.07) is 4.82. The lowest BCUT2D eigenvalue weighted by Crippen LogP contribution is -2.54. The van der Waals surface area contributed by atoms with Gasteiger partial charge in [0.2, 0.25) is 12.2 Å². The maximum Gasteiger partial charge on any atom is 0.373 e. The number of hydrogen-bond donors (Lipinski definition) is 4. The second-order valence-electron chi connectivity index (χ2n) is 8.19. The van der Waals surface area contributed by atoms with Crippen molar-refractivity contribution in [3.05, 3.63) is 23.8 Å². The summed E-state index contributed by atoms with van der Waals surface area (Å²) >= 11 is 0. The van der Waals surface area contributed by atoms with Gasteiger partial charge in [-0.25, -0.2) is 0 Å². The number of anilines is 1. The summed E-state index contributed by atoms with van der Waals surface area (Å²) < 4.78 is 16.2. The molecule has 1 amide bonds. The maximum atomic E-state index is 12.3. The molecule has 11 heteroatoms. The average molecular weight is 469 g/mol. The van der Waals surface area contributed by atoms with Gasteiger partial charge < -0.3 is 34.8 Å². The van der Waals surface area contributed by atoms with Crippen LogP contribution < -0.4 is 10.1 Å². The first-order chi connectivity index (χ1) is 15.5. The van der Waals surface area contributed by atoms with E-state index in [0.29, 0.717) is 17.7 Å². The van der Waals surface area contributed by atoms with Crippen molar-refractivity contribution < 1.29 is 48.7 Å². The number of ether oxygens (including phenoxy) is 3. The zero-order valence-corrected chi connectivity index (χ0v) is 19.0. The molecule has 4 atom stereocenters. The minimum absolute atomic E-state index is 0.0256. The van der Waals surface area contributed by atoms with E-state index in [9.17, 15) is 24.9 Å². The Hall–Kier alpha value is -2.82. The van der Waals surface area contributed by atoms with Gasteiger partial charge in [0.25, 0.3) is 0 Å². The predicted octanol–water partition coefficient (Wildman–Crippen LogP) is 0.605. The second-order valence-corrected chi connectivity index (χ2v) is 8.19. The quantitative estimate of drug-likeness (QED) is 0.396. The molecule has 0 aromatic heterocycles. The fourth-order valence-electron chi connectivity index (χ4n) is 2.77. The Morgan fingerprint density at radius 3 is 2.36 bits per heavy atom. The van der Waals surface area contributed by atoms with Gasteiger partial charge in [-0.05, 0) is 23.6 Å². The molecule has 1 unspecified atom stereocenters. The van der Waals surface area contributed by atoms with Gasteiger partial charge in [0, 0.05) is 6.42 Å². The molecular formula is C22H31NO10.